The van der Waals surface area contributed by atoms with Crippen LogP contribution in [0.25, 0.3) is 0 Å². The fourth-order valence-corrected chi connectivity index (χ4v) is 2.78. The largest absolute Gasteiger partial charge is 0.487 e. The first-order valence-electron chi connectivity index (χ1n) is 5.71. The van der Waals surface area contributed by atoms with E-state index in [0.29, 0.717) is 12.3 Å². The van der Waals surface area contributed by atoms with E-state index in [4.69, 9.17) is 4.74 Å². The lowest BCUT2D eigenvalue weighted by atomic mass is 9.83. The fraction of sp³-hybridized carbons (Fsp3) is 0.462. The summed E-state index contributed by atoms with van der Waals surface area (Å²) in [6, 6.07) is 8.10. The standard InChI is InChI=1S/C13H15NO2/c1-13-6-9(8-14-12(15)7-13)10-4-2-3-5-11(10)16-13/h2-5,9H,6-8H2,1H3,(H,14,15). The molecule has 0 saturated carbocycles. The number of carbonyl (C=O) groups excluding carboxylic acids is 1. The second-order valence-electron chi connectivity index (χ2n) is 4.97. The Morgan fingerprint density at radius 2 is 2.25 bits per heavy atom. The number of hydrogen-bond acceptors (Lipinski definition) is 2. The SMILES string of the molecule is CC12CC(=O)NCC(C1)c1ccccc1O2. The van der Waals surface area contributed by atoms with Crippen LogP contribution in [0.4, 0.5) is 0 Å². The first-order chi connectivity index (χ1) is 7.66. The molecule has 1 aromatic carbocycles. The summed E-state index contributed by atoms with van der Waals surface area (Å²) in [6.07, 6.45) is 1.38. The van der Waals surface area contributed by atoms with Gasteiger partial charge >= 0.3 is 0 Å². The molecule has 16 heavy (non-hydrogen) atoms. The van der Waals surface area contributed by atoms with Gasteiger partial charge in [-0.3, -0.25) is 4.79 Å². The second-order valence-corrected chi connectivity index (χ2v) is 4.97. The summed E-state index contributed by atoms with van der Waals surface area (Å²) in [5.41, 5.74) is 0.891. The molecular weight excluding hydrogens is 202 g/mol. The molecular formula is C13H15NO2. The smallest absolute Gasteiger partial charge is 0.224 e. The zero-order valence-corrected chi connectivity index (χ0v) is 9.32. The van der Waals surface area contributed by atoms with Crippen LogP contribution in [-0.2, 0) is 4.79 Å². The van der Waals surface area contributed by atoms with Gasteiger partial charge in [0.1, 0.15) is 11.4 Å². The number of hydrogen-bond donors (Lipinski definition) is 1. The van der Waals surface area contributed by atoms with Gasteiger partial charge in [0.05, 0.1) is 6.42 Å². The van der Waals surface area contributed by atoms with Crippen molar-refractivity contribution in [1.29, 1.82) is 0 Å². The molecule has 2 atom stereocenters. The van der Waals surface area contributed by atoms with Crippen molar-refractivity contribution >= 4 is 5.91 Å². The van der Waals surface area contributed by atoms with Crippen LogP contribution in [0.5, 0.6) is 5.75 Å². The monoisotopic (exact) mass is 217 g/mol. The van der Waals surface area contributed by atoms with E-state index in [1.807, 2.05) is 25.1 Å². The molecule has 0 aliphatic carbocycles. The average molecular weight is 217 g/mol. The highest BCUT2D eigenvalue weighted by Crippen LogP contribution is 2.42. The number of carbonyl (C=O) groups is 1. The van der Waals surface area contributed by atoms with Crippen LogP contribution in [0, 0.1) is 0 Å². The van der Waals surface area contributed by atoms with Crippen LogP contribution in [0.15, 0.2) is 24.3 Å². The Morgan fingerprint density at radius 1 is 1.44 bits per heavy atom. The first kappa shape index (κ1) is 9.70. The Kier molecular flexibility index (Phi) is 1.96. The summed E-state index contributed by atoms with van der Waals surface area (Å²) in [6.45, 7) is 2.76. The maximum atomic E-state index is 11.6. The minimum absolute atomic E-state index is 0.0952. The molecule has 3 nitrogen and oxygen atoms in total. The van der Waals surface area contributed by atoms with Gasteiger partial charge in [-0.05, 0) is 25.0 Å². The van der Waals surface area contributed by atoms with Gasteiger partial charge in [-0.15, -0.1) is 0 Å². The molecule has 2 aliphatic rings. The lowest BCUT2D eigenvalue weighted by molar-refractivity contribution is -0.123. The third kappa shape index (κ3) is 1.47. The van der Waals surface area contributed by atoms with Gasteiger partial charge < -0.3 is 10.1 Å². The van der Waals surface area contributed by atoms with E-state index in [2.05, 4.69) is 11.4 Å². The van der Waals surface area contributed by atoms with Gasteiger partial charge in [0, 0.05) is 12.5 Å². The number of fused-ring (bicyclic) bond motifs is 4. The average Bonchev–Trinajstić information content (AvgIpc) is 2.35. The maximum Gasteiger partial charge on any atom is 0.224 e. The number of nitrogens with one attached hydrogen (secondary N) is 1. The van der Waals surface area contributed by atoms with Crippen LogP contribution < -0.4 is 10.1 Å². The number of rotatable bonds is 0. The van der Waals surface area contributed by atoms with E-state index in [1.54, 1.807) is 0 Å². The van der Waals surface area contributed by atoms with Crippen molar-refractivity contribution in [2.45, 2.75) is 31.3 Å². The van der Waals surface area contributed by atoms with E-state index in [0.717, 1.165) is 18.7 Å². The van der Waals surface area contributed by atoms with Gasteiger partial charge in [0.25, 0.3) is 0 Å². The predicted molar refractivity (Wildman–Crippen MR) is 60.5 cm³/mol. The van der Waals surface area contributed by atoms with E-state index in [-0.39, 0.29) is 11.5 Å². The minimum Gasteiger partial charge on any atom is -0.487 e. The van der Waals surface area contributed by atoms with Gasteiger partial charge in [0.2, 0.25) is 5.91 Å². The lowest BCUT2D eigenvalue weighted by Gasteiger charge is -2.37. The van der Waals surface area contributed by atoms with Crippen molar-refractivity contribution in [2.75, 3.05) is 6.54 Å². The second kappa shape index (κ2) is 3.24. The summed E-state index contributed by atoms with van der Waals surface area (Å²) >= 11 is 0. The number of ether oxygens (including phenoxy) is 1. The topological polar surface area (TPSA) is 38.3 Å². The highest BCUT2D eigenvalue weighted by Gasteiger charge is 2.41. The Bertz CT molecular complexity index is 443. The number of amides is 1. The van der Waals surface area contributed by atoms with Gasteiger partial charge in [0.15, 0.2) is 0 Å². The summed E-state index contributed by atoms with van der Waals surface area (Å²) < 4.78 is 5.98. The molecule has 2 bridgehead atoms. The lowest BCUT2D eigenvalue weighted by Crippen LogP contribution is -2.38. The molecule has 0 radical (unpaired) electrons. The molecule has 2 aliphatic heterocycles. The molecule has 1 saturated heterocycles. The third-order valence-electron chi connectivity index (χ3n) is 3.47. The van der Waals surface area contributed by atoms with Crippen LogP contribution in [0.2, 0.25) is 0 Å². The molecule has 1 N–H and O–H groups in total. The molecule has 1 amide bonds. The zero-order valence-electron chi connectivity index (χ0n) is 9.32. The van der Waals surface area contributed by atoms with E-state index in [9.17, 15) is 4.79 Å². The molecule has 0 spiro atoms. The van der Waals surface area contributed by atoms with Crippen molar-refractivity contribution in [1.82, 2.24) is 5.32 Å². The highest BCUT2D eigenvalue weighted by molar-refractivity contribution is 5.77. The van der Waals surface area contributed by atoms with E-state index in [1.165, 1.54) is 5.56 Å². The van der Waals surface area contributed by atoms with Crippen molar-refractivity contribution < 1.29 is 9.53 Å². The molecule has 84 valence electrons. The van der Waals surface area contributed by atoms with Crippen LogP contribution in [0.3, 0.4) is 0 Å². The Labute approximate surface area is 94.8 Å². The van der Waals surface area contributed by atoms with Crippen molar-refractivity contribution in [3.8, 4) is 5.75 Å². The van der Waals surface area contributed by atoms with Gasteiger partial charge in [-0.25, -0.2) is 0 Å². The highest BCUT2D eigenvalue weighted by atomic mass is 16.5. The Morgan fingerprint density at radius 3 is 3.12 bits per heavy atom. The number of para-hydroxylation sites is 1. The quantitative estimate of drug-likeness (QED) is 0.720. The Hall–Kier alpha value is -1.51. The van der Waals surface area contributed by atoms with Crippen molar-refractivity contribution in [2.24, 2.45) is 0 Å². The van der Waals surface area contributed by atoms with Gasteiger partial charge in [-0.1, -0.05) is 18.2 Å². The van der Waals surface area contributed by atoms with Crippen LogP contribution in [0.1, 0.15) is 31.2 Å². The number of benzene rings is 1. The van der Waals surface area contributed by atoms with Crippen molar-refractivity contribution in [3.63, 3.8) is 0 Å². The van der Waals surface area contributed by atoms with Gasteiger partial charge in [-0.2, -0.15) is 0 Å². The fourth-order valence-electron chi connectivity index (χ4n) is 2.78. The van der Waals surface area contributed by atoms with E-state index < -0.39 is 0 Å². The van der Waals surface area contributed by atoms with Crippen molar-refractivity contribution in [3.05, 3.63) is 29.8 Å². The summed E-state index contributed by atoms with van der Waals surface area (Å²) in [4.78, 5) is 11.6. The molecule has 2 heterocycles. The molecule has 2 unspecified atom stereocenters. The molecule has 3 rings (SSSR count). The zero-order chi connectivity index (χ0) is 11.2. The maximum absolute atomic E-state index is 11.6. The molecule has 1 fully saturated rings. The minimum atomic E-state index is -0.334. The van der Waals surface area contributed by atoms with E-state index >= 15 is 0 Å². The first-order valence-corrected chi connectivity index (χ1v) is 5.71. The normalized spacial score (nSPS) is 32.1. The molecule has 3 heteroatoms. The van der Waals surface area contributed by atoms with Crippen LogP contribution >= 0.6 is 0 Å². The molecule has 0 aromatic heterocycles. The third-order valence-corrected chi connectivity index (χ3v) is 3.47. The Balaban J connectivity index is 2.06. The molecule has 1 aromatic rings. The summed E-state index contributed by atoms with van der Waals surface area (Å²) in [5, 5.41) is 2.96. The van der Waals surface area contributed by atoms with Crippen LogP contribution in [-0.4, -0.2) is 18.1 Å². The predicted octanol–water partition coefficient (Wildman–Crippen LogP) is 1.83. The summed E-state index contributed by atoms with van der Waals surface area (Å²) in [5.74, 6) is 1.43. The summed E-state index contributed by atoms with van der Waals surface area (Å²) in [7, 11) is 0.